The molecule has 2 aliphatic rings. The van der Waals surface area contributed by atoms with Gasteiger partial charge in [-0.1, -0.05) is 18.0 Å². The Kier molecular flexibility index (Phi) is 4.90. The molecule has 8 heteroatoms. The van der Waals surface area contributed by atoms with Crippen LogP contribution in [-0.2, 0) is 27.5 Å². The molecule has 1 N–H and O–H groups in total. The predicted octanol–water partition coefficient (Wildman–Crippen LogP) is 0.623. The lowest BCUT2D eigenvalue weighted by molar-refractivity contribution is -0.130. The number of nitrogens with zero attached hydrogens (tertiary/aromatic N) is 3. The van der Waals surface area contributed by atoms with E-state index in [1.165, 1.54) is 12.8 Å². The molecule has 0 aromatic carbocycles. The fourth-order valence-corrected chi connectivity index (χ4v) is 3.33. The van der Waals surface area contributed by atoms with Crippen molar-refractivity contribution in [3.05, 3.63) is 11.7 Å². The van der Waals surface area contributed by atoms with Crippen LogP contribution >= 0.6 is 0 Å². The van der Waals surface area contributed by atoms with Crippen LogP contribution < -0.4 is 5.32 Å². The highest BCUT2D eigenvalue weighted by molar-refractivity contribution is 5.89. The molecule has 23 heavy (non-hydrogen) atoms. The third-order valence-corrected chi connectivity index (χ3v) is 4.49. The lowest BCUT2D eigenvalue weighted by Gasteiger charge is -2.23. The Hall–Kier alpha value is -1.96. The number of carbonyl (C=O) groups is 2. The van der Waals surface area contributed by atoms with Crippen LogP contribution in [0.15, 0.2) is 4.52 Å². The minimum absolute atomic E-state index is 0.0963. The van der Waals surface area contributed by atoms with E-state index in [4.69, 9.17) is 9.26 Å². The molecule has 1 saturated carbocycles. The van der Waals surface area contributed by atoms with Gasteiger partial charge in [-0.25, -0.2) is 0 Å². The van der Waals surface area contributed by atoms with Crippen molar-refractivity contribution in [1.29, 1.82) is 0 Å². The van der Waals surface area contributed by atoms with E-state index in [2.05, 4.69) is 15.5 Å². The number of carbonyl (C=O) groups excluding carboxylic acids is 2. The molecule has 1 saturated heterocycles. The fourth-order valence-electron chi connectivity index (χ4n) is 3.33. The van der Waals surface area contributed by atoms with Crippen molar-refractivity contribution in [3.8, 4) is 0 Å². The summed E-state index contributed by atoms with van der Waals surface area (Å²) in [5.74, 6) is 0.465. The maximum Gasteiger partial charge on any atom is 0.252 e. The van der Waals surface area contributed by atoms with E-state index in [9.17, 15) is 9.59 Å². The first-order valence-corrected chi connectivity index (χ1v) is 8.05. The molecule has 126 valence electrons. The molecule has 0 radical (unpaired) electrons. The number of amides is 2. The van der Waals surface area contributed by atoms with Crippen molar-refractivity contribution in [1.82, 2.24) is 20.4 Å². The van der Waals surface area contributed by atoms with Crippen molar-refractivity contribution in [3.63, 3.8) is 0 Å². The molecule has 2 fully saturated rings. The summed E-state index contributed by atoms with van der Waals surface area (Å²) in [5.41, 5.74) is 0. The number of rotatable bonds is 6. The minimum atomic E-state index is -0.284. The summed E-state index contributed by atoms with van der Waals surface area (Å²) in [4.78, 5) is 30.4. The molecule has 0 unspecified atom stereocenters. The number of hydrogen-bond acceptors (Lipinski definition) is 6. The lowest BCUT2D eigenvalue weighted by atomic mass is 10.1. The zero-order valence-corrected chi connectivity index (χ0v) is 13.3. The van der Waals surface area contributed by atoms with Crippen LogP contribution in [0, 0.1) is 5.92 Å². The average molecular weight is 322 g/mol. The molecule has 3 rings (SSSR count). The topological polar surface area (TPSA) is 97.6 Å². The summed E-state index contributed by atoms with van der Waals surface area (Å²) in [6, 6.07) is 0.328. The summed E-state index contributed by atoms with van der Waals surface area (Å²) < 4.78 is 9.86. The van der Waals surface area contributed by atoms with Crippen molar-refractivity contribution in [2.45, 2.75) is 51.3 Å². The average Bonchev–Trinajstić information content (AvgIpc) is 3.25. The third-order valence-electron chi connectivity index (χ3n) is 4.49. The predicted molar refractivity (Wildman–Crippen MR) is 78.9 cm³/mol. The molecule has 2 amide bonds. The number of methoxy groups -OCH3 is 1. The molecule has 1 aromatic heterocycles. The second-order valence-electron chi connectivity index (χ2n) is 6.14. The van der Waals surface area contributed by atoms with Gasteiger partial charge in [-0.15, -0.1) is 0 Å². The highest BCUT2D eigenvalue weighted by atomic mass is 16.5. The molecule has 0 bridgehead atoms. The standard InChI is InChI=1S/C15H22N4O4/c1-22-9-13-17-12(18-23-13)7-16-15(21)10-6-14(20)19(8-10)11-4-2-3-5-11/h10-11H,2-9H2,1H3,(H,16,21)/t10-/m1/s1. The van der Waals surface area contributed by atoms with Gasteiger partial charge in [0.15, 0.2) is 5.82 Å². The van der Waals surface area contributed by atoms with E-state index in [1.54, 1.807) is 7.11 Å². The van der Waals surface area contributed by atoms with Gasteiger partial charge in [0.2, 0.25) is 11.8 Å². The van der Waals surface area contributed by atoms with Gasteiger partial charge < -0.3 is 19.5 Å². The van der Waals surface area contributed by atoms with Crippen LogP contribution in [0.3, 0.4) is 0 Å². The molecule has 0 spiro atoms. The molecular weight excluding hydrogens is 300 g/mol. The Labute approximate surface area is 134 Å². The number of nitrogens with one attached hydrogen (secondary N) is 1. The summed E-state index contributed by atoms with van der Waals surface area (Å²) in [6.45, 7) is 0.963. The van der Waals surface area contributed by atoms with Crippen LogP contribution in [0.2, 0.25) is 0 Å². The number of ether oxygens (including phenoxy) is 1. The molecule has 2 heterocycles. The highest BCUT2D eigenvalue weighted by Gasteiger charge is 2.38. The normalized spacial score (nSPS) is 22.0. The Morgan fingerprint density at radius 1 is 1.43 bits per heavy atom. The van der Waals surface area contributed by atoms with E-state index in [1.807, 2.05) is 4.90 Å². The second-order valence-corrected chi connectivity index (χ2v) is 6.14. The van der Waals surface area contributed by atoms with Crippen LogP contribution in [0.25, 0.3) is 0 Å². The largest absolute Gasteiger partial charge is 0.375 e. The number of hydrogen-bond donors (Lipinski definition) is 1. The van der Waals surface area contributed by atoms with Gasteiger partial charge in [0.25, 0.3) is 5.89 Å². The van der Waals surface area contributed by atoms with E-state index in [0.717, 1.165) is 12.8 Å². The Morgan fingerprint density at radius 2 is 2.22 bits per heavy atom. The summed E-state index contributed by atoms with van der Waals surface area (Å²) >= 11 is 0. The third kappa shape index (κ3) is 3.69. The highest BCUT2D eigenvalue weighted by Crippen LogP contribution is 2.29. The van der Waals surface area contributed by atoms with Crippen LogP contribution in [0.1, 0.15) is 43.8 Å². The molecule has 1 aliphatic heterocycles. The summed E-state index contributed by atoms with van der Waals surface area (Å²) in [5, 5.41) is 6.55. The first-order chi connectivity index (χ1) is 11.2. The first kappa shape index (κ1) is 15.9. The Bertz CT molecular complexity index is 568. The van der Waals surface area contributed by atoms with Crippen molar-refractivity contribution in [2.75, 3.05) is 13.7 Å². The van der Waals surface area contributed by atoms with E-state index in [0.29, 0.717) is 30.7 Å². The molecule has 1 aliphatic carbocycles. The van der Waals surface area contributed by atoms with Crippen molar-refractivity contribution < 1.29 is 18.8 Å². The van der Waals surface area contributed by atoms with Crippen molar-refractivity contribution >= 4 is 11.8 Å². The summed E-state index contributed by atoms with van der Waals surface area (Å²) in [6.07, 6.45) is 4.76. The molecule has 1 atom stereocenters. The molecular formula is C15H22N4O4. The Morgan fingerprint density at radius 3 is 2.96 bits per heavy atom. The fraction of sp³-hybridized carbons (Fsp3) is 0.733. The van der Waals surface area contributed by atoms with Gasteiger partial charge in [0.1, 0.15) is 6.61 Å². The smallest absolute Gasteiger partial charge is 0.252 e. The van der Waals surface area contributed by atoms with E-state index < -0.39 is 0 Å². The minimum Gasteiger partial charge on any atom is -0.375 e. The monoisotopic (exact) mass is 322 g/mol. The summed E-state index contributed by atoms with van der Waals surface area (Å²) in [7, 11) is 1.54. The molecule has 8 nitrogen and oxygen atoms in total. The number of likely N-dealkylation sites (tertiary alicyclic amines) is 1. The van der Waals surface area contributed by atoms with Crippen LogP contribution in [0.4, 0.5) is 0 Å². The maximum atomic E-state index is 12.3. The van der Waals surface area contributed by atoms with Gasteiger partial charge in [0, 0.05) is 26.1 Å². The zero-order valence-electron chi connectivity index (χ0n) is 13.3. The quantitative estimate of drug-likeness (QED) is 0.824. The lowest BCUT2D eigenvalue weighted by Crippen LogP contribution is -2.36. The van der Waals surface area contributed by atoms with Gasteiger partial charge in [0.05, 0.1) is 12.5 Å². The Balaban J connectivity index is 1.49. The zero-order chi connectivity index (χ0) is 16.2. The van der Waals surface area contributed by atoms with E-state index >= 15 is 0 Å². The SMILES string of the molecule is COCc1nc(CNC(=O)[C@@H]2CC(=O)N(C3CCCC3)C2)no1. The first-order valence-electron chi connectivity index (χ1n) is 8.05. The van der Waals surface area contributed by atoms with Gasteiger partial charge in [-0.2, -0.15) is 4.98 Å². The molecule has 1 aromatic rings. The second kappa shape index (κ2) is 7.08. The van der Waals surface area contributed by atoms with Gasteiger partial charge in [-0.05, 0) is 12.8 Å². The van der Waals surface area contributed by atoms with E-state index in [-0.39, 0.29) is 30.9 Å². The number of aromatic nitrogens is 2. The van der Waals surface area contributed by atoms with Crippen LogP contribution in [0.5, 0.6) is 0 Å². The van der Waals surface area contributed by atoms with Gasteiger partial charge >= 0.3 is 0 Å². The maximum absolute atomic E-state index is 12.3. The van der Waals surface area contributed by atoms with Crippen LogP contribution in [-0.4, -0.2) is 46.6 Å². The van der Waals surface area contributed by atoms with Gasteiger partial charge in [-0.3, -0.25) is 9.59 Å². The van der Waals surface area contributed by atoms with Crippen molar-refractivity contribution in [2.24, 2.45) is 5.92 Å².